The number of carbonyl (C=O) groups is 1. The van der Waals surface area contributed by atoms with Gasteiger partial charge in [0.25, 0.3) is 0 Å². The molecule has 0 aliphatic heterocycles. The summed E-state index contributed by atoms with van der Waals surface area (Å²) in [4.78, 5) is 17.5. The van der Waals surface area contributed by atoms with Crippen molar-refractivity contribution in [3.63, 3.8) is 0 Å². The summed E-state index contributed by atoms with van der Waals surface area (Å²) in [6, 6.07) is 9.39. The lowest BCUT2D eigenvalue weighted by Gasteiger charge is -2.11. The first-order chi connectivity index (χ1) is 9.54. The second kappa shape index (κ2) is 6.34. The number of likely N-dealkylation sites (N-methyl/N-ethyl adjacent to an activating group) is 1. The van der Waals surface area contributed by atoms with Crippen LogP contribution in [0.25, 0.3) is 10.9 Å². The molecule has 0 fully saturated rings. The second-order valence-electron chi connectivity index (χ2n) is 4.89. The number of nitrogens with zero attached hydrogens (tertiary/aromatic N) is 2. The van der Waals surface area contributed by atoms with Crippen LogP contribution >= 0.6 is 0 Å². The molecule has 0 bridgehead atoms. The average molecular weight is 273 g/mol. The average Bonchev–Trinajstić information content (AvgIpc) is 2.37. The SMILES string of the molecule is CC(=O)Nc1ccc2nc(OCCN(C)C)ccc2c1. The van der Waals surface area contributed by atoms with E-state index in [1.54, 1.807) is 0 Å². The maximum absolute atomic E-state index is 11.0. The molecule has 0 radical (unpaired) electrons. The van der Waals surface area contributed by atoms with Crippen LogP contribution in [-0.4, -0.2) is 43.0 Å². The number of nitrogens with one attached hydrogen (secondary N) is 1. The van der Waals surface area contributed by atoms with E-state index in [4.69, 9.17) is 4.74 Å². The number of amides is 1. The summed E-state index contributed by atoms with van der Waals surface area (Å²) in [5, 5.41) is 3.72. The Bertz CT molecular complexity index is 611. The molecule has 106 valence electrons. The van der Waals surface area contributed by atoms with Gasteiger partial charge in [-0.3, -0.25) is 4.79 Å². The number of hydrogen-bond donors (Lipinski definition) is 1. The van der Waals surface area contributed by atoms with Gasteiger partial charge in [-0.15, -0.1) is 0 Å². The molecule has 2 aromatic rings. The number of benzene rings is 1. The lowest BCUT2D eigenvalue weighted by atomic mass is 10.2. The van der Waals surface area contributed by atoms with Crippen molar-refractivity contribution < 1.29 is 9.53 Å². The third kappa shape index (κ3) is 3.93. The number of rotatable bonds is 5. The summed E-state index contributed by atoms with van der Waals surface area (Å²) < 4.78 is 5.60. The molecule has 5 heteroatoms. The fourth-order valence-corrected chi connectivity index (χ4v) is 1.80. The van der Waals surface area contributed by atoms with E-state index in [-0.39, 0.29) is 5.91 Å². The van der Waals surface area contributed by atoms with E-state index in [1.165, 1.54) is 6.92 Å². The molecular weight excluding hydrogens is 254 g/mol. The van der Waals surface area contributed by atoms with Crippen molar-refractivity contribution >= 4 is 22.5 Å². The van der Waals surface area contributed by atoms with Gasteiger partial charge < -0.3 is 15.0 Å². The first-order valence-electron chi connectivity index (χ1n) is 6.50. The van der Waals surface area contributed by atoms with E-state index in [0.29, 0.717) is 12.5 Å². The Kier molecular flexibility index (Phi) is 4.53. The van der Waals surface area contributed by atoms with Crippen molar-refractivity contribution in [1.82, 2.24) is 9.88 Å². The van der Waals surface area contributed by atoms with E-state index in [9.17, 15) is 4.79 Å². The van der Waals surface area contributed by atoms with Gasteiger partial charge in [0.1, 0.15) is 6.61 Å². The van der Waals surface area contributed by atoms with Crippen molar-refractivity contribution in [2.45, 2.75) is 6.92 Å². The summed E-state index contributed by atoms with van der Waals surface area (Å²) >= 11 is 0. The third-order valence-corrected chi connectivity index (χ3v) is 2.77. The molecule has 0 unspecified atom stereocenters. The molecule has 1 heterocycles. The van der Waals surface area contributed by atoms with Crippen LogP contribution in [0.2, 0.25) is 0 Å². The summed E-state index contributed by atoms with van der Waals surface area (Å²) in [6.07, 6.45) is 0. The molecule has 0 atom stereocenters. The minimum absolute atomic E-state index is 0.0825. The number of fused-ring (bicyclic) bond motifs is 1. The van der Waals surface area contributed by atoms with Gasteiger partial charge in [0.15, 0.2) is 0 Å². The fourth-order valence-electron chi connectivity index (χ4n) is 1.80. The van der Waals surface area contributed by atoms with Gasteiger partial charge in [-0.1, -0.05) is 0 Å². The molecule has 0 aliphatic rings. The zero-order chi connectivity index (χ0) is 14.5. The van der Waals surface area contributed by atoms with Crippen LogP contribution in [-0.2, 0) is 4.79 Å². The molecule has 5 nitrogen and oxygen atoms in total. The Morgan fingerprint density at radius 2 is 2.10 bits per heavy atom. The second-order valence-corrected chi connectivity index (χ2v) is 4.89. The summed E-state index contributed by atoms with van der Waals surface area (Å²) in [6.45, 7) is 2.95. The van der Waals surface area contributed by atoms with Crippen LogP contribution in [0.1, 0.15) is 6.92 Å². The Labute approximate surface area is 118 Å². The zero-order valence-corrected chi connectivity index (χ0v) is 12.0. The number of aromatic nitrogens is 1. The molecule has 2 rings (SSSR count). The van der Waals surface area contributed by atoms with Gasteiger partial charge in [0, 0.05) is 30.6 Å². The maximum atomic E-state index is 11.0. The van der Waals surface area contributed by atoms with Crippen LogP contribution in [0.3, 0.4) is 0 Å². The number of ether oxygens (including phenoxy) is 1. The molecule has 1 amide bonds. The minimum Gasteiger partial charge on any atom is -0.476 e. The largest absolute Gasteiger partial charge is 0.476 e. The van der Waals surface area contributed by atoms with Crippen LogP contribution in [0.4, 0.5) is 5.69 Å². The molecule has 0 aliphatic carbocycles. The third-order valence-electron chi connectivity index (χ3n) is 2.77. The predicted molar refractivity (Wildman–Crippen MR) is 80.1 cm³/mol. The highest BCUT2D eigenvalue weighted by molar-refractivity contribution is 5.92. The molecule has 0 saturated carbocycles. The van der Waals surface area contributed by atoms with Crippen molar-refractivity contribution in [1.29, 1.82) is 0 Å². The molecule has 1 N–H and O–H groups in total. The lowest BCUT2D eigenvalue weighted by molar-refractivity contribution is -0.114. The van der Waals surface area contributed by atoms with Gasteiger partial charge in [0.05, 0.1) is 5.52 Å². The van der Waals surface area contributed by atoms with Crippen LogP contribution in [0, 0.1) is 0 Å². The predicted octanol–water partition coefficient (Wildman–Crippen LogP) is 2.13. The van der Waals surface area contributed by atoms with E-state index < -0.39 is 0 Å². The molecule has 1 aromatic carbocycles. The first-order valence-corrected chi connectivity index (χ1v) is 6.50. The molecule has 0 spiro atoms. The number of pyridine rings is 1. The first kappa shape index (κ1) is 14.3. The number of hydrogen-bond acceptors (Lipinski definition) is 4. The number of carbonyl (C=O) groups excluding carboxylic acids is 1. The smallest absolute Gasteiger partial charge is 0.221 e. The van der Waals surface area contributed by atoms with Gasteiger partial charge in [-0.2, -0.15) is 0 Å². The van der Waals surface area contributed by atoms with E-state index in [0.717, 1.165) is 23.1 Å². The highest BCUT2D eigenvalue weighted by Crippen LogP contribution is 2.20. The zero-order valence-electron chi connectivity index (χ0n) is 12.0. The molecule has 1 aromatic heterocycles. The van der Waals surface area contributed by atoms with Crippen molar-refractivity contribution in [2.24, 2.45) is 0 Å². The van der Waals surface area contributed by atoms with Gasteiger partial charge >= 0.3 is 0 Å². The summed E-state index contributed by atoms with van der Waals surface area (Å²) in [5.74, 6) is 0.535. The lowest BCUT2D eigenvalue weighted by Crippen LogP contribution is -2.19. The minimum atomic E-state index is -0.0825. The Hall–Kier alpha value is -2.14. The molecule has 0 saturated heterocycles. The highest BCUT2D eigenvalue weighted by Gasteiger charge is 2.02. The normalized spacial score (nSPS) is 10.8. The van der Waals surface area contributed by atoms with Gasteiger partial charge in [-0.25, -0.2) is 4.98 Å². The van der Waals surface area contributed by atoms with Crippen molar-refractivity contribution in [2.75, 3.05) is 32.6 Å². The van der Waals surface area contributed by atoms with Crippen molar-refractivity contribution in [3.8, 4) is 5.88 Å². The Morgan fingerprint density at radius 1 is 1.30 bits per heavy atom. The highest BCUT2D eigenvalue weighted by atomic mass is 16.5. The molecular formula is C15H19N3O2. The van der Waals surface area contributed by atoms with E-state index in [1.807, 2.05) is 44.4 Å². The summed E-state index contributed by atoms with van der Waals surface area (Å²) in [7, 11) is 4.00. The topological polar surface area (TPSA) is 54.5 Å². The quantitative estimate of drug-likeness (QED) is 0.906. The standard InChI is InChI=1S/C15H19N3O2/c1-11(19)16-13-5-6-14-12(10-13)4-7-15(17-14)20-9-8-18(2)3/h4-7,10H,8-9H2,1-3H3,(H,16,19). The monoisotopic (exact) mass is 273 g/mol. The van der Waals surface area contributed by atoms with E-state index >= 15 is 0 Å². The van der Waals surface area contributed by atoms with Gasteiger partial charge in [0.2, 0.25) is 11.8 Å². The van der Waals surface area contributed by atoms with Crippen molar-refractivity contribution in [3.05, 3.63) is 30.3 Å². The Morgan fingerprint density at radius 3 is 2.80 bits per heavy atom. The van der Waals surface area contributed by atoms with Gasteiger partial charge in [-0.05, 0) is 38.4 Å². The molecule has 20 heavy (non-hydrogen) atoms. The van der Waals surface area contributed by atoms with E-state index in [2.05, 4.69) is 15.2 Å². The van der Waals surface area contributed by atoms with Crippen LogP contribution < -0.4 is 10.1 Å². The maximum Gasteiger partial charge on any atom is 0.221 e. The Balaban J connectivity index is 2.12. The van der Waals surface area contributed by atoms with Crippen LogP contribution in [0.5, 0.6) is 5.88 Å². The summed E-state index contributed by atoms with van der Waals surface area (Å²) in [5.41, 5.74) is 1.62. The number of anilines is 1. The fraction of sp³-hybridized carbons (Fsp3) is 0.333. The van der Waals surface area contributed by atoms with Crippen LogP contribution in [0.15, 0.2) is 30.3 Å².